The average Bonchev–Trinajstić information content (AvgIpc) is 3.11. The first kappa shape index (κ1) is 11.0. The van der Waals surface area contributed by atoms with Crippen LogP contribution in [0.5, 0.6) is 11.5 Å². The third kappa shape index (κ3) is 2.76. The van der Waals surface area contributed by atoms with E-state index in [1.165, 1.54) is 0 Å². The number of rotatable bonds is 6. The van der Waals surface area contributed by atoms with Crippen LogP contribution >= 0.6 is 0 Å². The van der Waals surface area contributed by atoms with Crippen molar-refractivity contribution in [1.82, 2.24) is 0 Å². The Kier molecular flexibility index (Phi) is 3.47. The summed E-state index contributed by atoms with van der Waals surface area (Å²) in [6.07, 6.45) is 2.05. The summed E-state index contributed by atoms with van der Waals surface area (Å²) in [5.74, 6) is 1.53. The molecule has 2 rings (SSSR count). The van der Waals surface area contributed by atoms with Gasteiger partial charge in [-0.15, -0.1) is 0 Å². The van der Waals surface area contributed by atoms with Crippen molar-refractivity contribution >= 4 is 6.08 Å². The predicted octanol–water partition coefficient (Wildman–Crippen LogP) is 2.51. The first-order chi connectivity index (χ1) is 7.83. The highest BCUT2D eigenvalue weighted by Crippen LogP contribution is 2.29. The van der Waals surface area contributed by atoms with Crippen LogP contribution in [0.1, 0.15) is 12.5 Å². The molecule has 1 aliphatic rings. The van der Waals surface area contributed by atoms with Crippen LogP contribution in [-0.4, -0.2) is 25.9 Å². The van der Waals surface area contributed by atoms with Crippen LogP contribution in [0.4, 0.5) is 0 Å². The van der Waals surface area contributed by atoms with Crippen LogP contribution < -0.4 is 9.47 Å². The Bertz CT molecular complexity index is 369. The van der Waals surface area contributed by atoms with Gasteiger partial charge in [-0.2, -0.15) is 0 Å². The van der Waals surface area contributed by atoms with Crippen molar-refractivity contribution in [2.75, 3.05) is 19.8 Å². The number of hydrogen-bond donors (Lipinski definition) is 0. The molecule has 0 saturated carbocycles. The van der Waals surface area contributed by atoms with E-state index in [1.807, 2.05) is 25.1 Å². The summed E-state index contributed by atoms with van der Waals surface area (Å²) in [6.45, 7) is 7.70. The molecule has 1 atom stereocenters. The minimum atomic E-state index is 0.258. The van der Waals surface area contributed by atoms with Gasteiger partial charge in [0.1, 0.15) is 12.7 Å². The van der Waals surface area contributed by atoms with Gasteiger partial charge in [0.2, 0.25) is 0 Å². The van der Waals surface area contributed by atoms with Gasteiger partial charge in [0.05, 0.1) is 13.2 Å². The van der Waals surface area contributed by atoms with Gasteiger partial charge >= 0.3 is 0 Å². The Morgan fingerprint density at radius 3 is 2.88 bits per heavy atom. The average molecular weight is 220 g/mol. The van der Waals surface area contributed by atoms with Crippen LogP contribution in [-0.2, 0) is 4.74 Å². The molecule has 0 amide bonds. The maximum Gasteiger partial charge on any atom is 0.161 e. The number of hydrogen-bond acceptors (Lipinski definition) is 3. The summed E-state index contributed by atoms with van der Waals surface area (Å²) in [5.41, 5.74) is 1.03. The van der Waals surface area contributed by atoms with Crippen LogP contribution in [0, 0.1) is 0 Å². The standard InChI is InChI=1S/C13H16O3/c1-3-10-5-6-12(13(7-10)14-4-2)16-9-11-8-15-11/h3,5-7,11H,1,4,8-9H2,2H3. The Balaban J connectivity index is 2.09. The number of ether oxygens (including phenoxy) is 3. The zero-order valence-corrected chi connectivity index (χ0v) is 9.44. The molecule has 1 aliphatic heterocycles. The molecule has 0 aliphatic carbocycles. The van der Waals surface area contributed by atoms with Crippen molar-refractivity contribution in [3.8, 4) is 11.5 Å². The van der Waals surface area contributed by atoms with Gasteiger partial charge in [0, 0.05) is 0 Å². The molecule has 1 fully saturated rings. The van der Waals surface area contributed by atoms with Gasteiger partial charge in [0.15, 0.2) is 11.5 Å². The zero-order chi connectivity index (χ0) is 11.4. The molecule has 1 saturated heterocycles. The Labute approximate surface area is 95.6 Å². The lowest BCUT2D eigenvalue weighted by atomic mass is 10.2. The van der Waals surface area contributed by atoms with Crippen molar-refractivity contribution in [3.05, 3.63) is 30.3 Å². The summed E-state index contributed by atoms with van der Waals surface area (Å²) in [7, 11) is 0. The quantitative estimate of drug-likeness (QED) is 0.690. The molecular formula is C13H16O3. The topological polar surface area (TPSA) is 31.0 Å². The Morgan fingerprint density at radius 2 is 2.25 bits per heavy atom. The SMILES string of the molecule is C=Cc1ccc(OCC2CO2)c(OCC)c1. The van der Waals surface area contributed by atoms with Crippen molar-refractivity contribution in [2.24, 2.45) is 0 Å². The molecule has 0 spiro atoms. The molecule has 1 unspecified atom stereocenters. The molecule has 0 N–H and O–H groups in total. The molecule has 1 aromatic carbocycles. The highest BCUT2D eigenvalue weighted by Gasteiger charge is 2.23. The van der Waals surface area contributed by atoms with Gasteiger partial charge in [-0.25, -0.2) is 0 Å². The maximum atomic E-state index is 5.63. The normalized spacial score (nSPS) is 17.9. The highest BCUT2D eigenvalue weighted by molar-refractivity contribution is 5.54. The third-order valence-corrected chi connectivity index (χ3v) is 2.33. The molecule has 3 nitrogen and oxygen atoms in total. The lowest BCUT2D eigenvalue weighted by Gasteiger charge is -2.11. The van der Waals surface area contributed by atoms with Gasteiger partial charge in [-0.05, 0) is 24.6 Å². The van der Waals surface area contributed by atoms with E-state index in [-0.39, 0.29) is 6.10 Å². The van der Waals surface area contributed by atoms with E-state index in [0.29, 0.717) is 13.2 Å². The van der Waals surface area contributed by atoms with Crippen molar-refractivity contribution in [1.29, 1.82) is 0 Å². The molecule has 3 heteroatoms. The molecule has 0 radical (unpaired) electrons. The second-order valence-electron chi connectivity index (χ2n) is 3.61. The van der Waals surface area contributed by atoms with E-state index in [2.05, 4.69) is 6.58 Å². The van der Waals surface area contributed by atoms with Gasteiger partial charge in [0.25, 0.3) is 0 Å². The molecule has 86 valence electrons. The first-order valence-electron chi connectivity index (χ1n) is 5.47. The van der Waals surface area contributed by atoms with E-state index in [1.54, 1.807) is 6.08 Å². The van der Waals surface area contributed by atoms with Crippen molar-refractivity contribution in [2.45, 2.75) is 13.0 Å². The summed E-state index contributed by atoms with van der Waals surface area (Å²) in [4.78, 5) is 0. The largest absolute Gasteiger partial charge is 0.490 e. The van der Waals surface area contributed by atoms with E-state index in [9.17, 15) is 0 Å². The fraction of sp³-hybridized carbons (Fsp3) is 0.385. The smallest absolute Gasteiger partial charge is 0.161 e. The molecule has 16 heavy (non-hydrogen) atoms. The number of benzene rings is 1. The van der Waals surface area contributed by atoms with Gasteiger partial charge in [-0.1, -0.05) is 18.7 Å². The third-order valence-electron chi connectivity index (χ3n) is 2.33. The van der Waals surface area contributed by atoms with Crippen LogP contribution in [0.3, 0.4) is 0 Å². The van der Waals surface area contributed by atoms with Crippen molar-refractivity contribution < 1.29 is 14.2 Å². The molecule has 1 heterocycles. The maximum absolute atomic E-state index is 5.63. The van der Waals surface area contributed by atoms with Crippen molar-refractivity contribution in [3.63, 3.8) is 0 Å². The molecule has 0 aromatic heterocycles. The fourth-order valence-corrected chi connectivity index (χ4v) is 1.39. The number of epoxide rings is 1. The van der Waals surface area contributed by atoms with E-state index < -0.39 is 0 Å². The van der Waals surface area contributed by atoms with Gasteiger partial charge in [-0.3, -0.25) is 0 Å². The second kappa shape index (κ2) is 5.03. The first-order valence-corrected chi connectivity index (χ1v) is 5.47. The van der Waals surface area contributed by atoms with Crippen LogP contribution in [0.25, 0.3) is 6.08 Å². The summed E-state index contributed by atoms with van der Waals surface area (Å²) in [5, 5.41) is 0. The van der Waals surface area contributed by atoms with E-state index in [0.717, 1.165) is 23.7 Å². The monoisotopic (exact) mass is 220 g/mol. The molecule has 0 bridgehead atoms. The minimum Gasteiger partial charge on any atom is -0.490 e. The zero-order valence-electron chi connectivity index (χ0n) is 9.44. The minimum absolute atomic E-state index is 0.258. The van der Waals surface area contributed by atoms with E-state index >= 15 is 0 Å². The predicted molar refractivity (Wildman–Crippen MR) is 62.9 cm³/mol. The van der Waals surface area contributed by atoms with Gasteiger partial charge < -0.3 is 14.2 Å². The van der Waals surface area contributed by atoms with Crippen LogP contribution in [0.15, 0.2) is 24.8 Å². The lowest BCUT2D eigenvalue weighted by Crippen LogP contribution is -2.05. The van der Waals surface area contributed by atoms with Crippen LogP contribution in [0.2, 0.25) is 0 Å². The molecule has 1 aromatic rings. The summed E-state index contributed by atoms with van der Waals surface area (Å²) >= 11 is 0. The summed E-state index contributed by atoms with van der Waals surface area (Å²) in [6, 6.07) is 5.79. The fourth-order valence-electron chi connectivity index (χ4n) is 1.39. The Hall–Kier alpha value is -1.48. The second-order valence-corrected chi connectivity index (χ2v) is 3.61. The summed E-state index contributed by atoms with van der Waals surface area (Å²) < 4.78 is 16.2. The highest BCUT2D eigenvalue weighted by atomic mass is 16.6. The van der Waals surface area contributed by atoms with E-state index in [4.69, 9.17) is 14.2 Å². The molecular weight excluding hydrogens is 204 g/mol. The Morgan fingerprint density at radius 1 is 1.44 bits per heavy atom. The lowest BCUT2D eigenvalue weighted by molar-refractivity contribution is 0.245.